The summed E-state index contributed by atoms with van der Waals surface area (Å²) in [5.41, 5.74) is 5.83. The fraction of sp³-hybridized carbons (Fsp3) is 0.462. The molecule has 0 aromatic heterocycles. The second-order valence-corrected chi connectivity index (χ2v) is 6.72. The summed E-state index contributed by atoms with van der Waals surface area (Å²) in [6, 6.07) is 3.73. The van der Waals surface area contributed by atoms with Crippen LogP contribution in [0.1, 0.15) is 19.8 Å². The van der Waals surface area contributed by atoms with Crippen LogP contribution in [0.2, 0.25) is 0 Å². The smallest absolute Gasteiger partial charge is 0.244 e. The molecule has 2 rings (SSSR count). The molecule has 0 saturated heterocycles. The van der Waals surface area contributed by atoms with Crippen LogP contribution >= 0.6 is 0 Å². The van der Waals surface area contributed by atoms with Crippen LogP contribution in [0, 0.1) is 0 Å². The maximum absolute atomic E-state index is 12.3. The zero-order chi connectivity index (χ0) is 15.6. The Bertz CT molecular complexity index is 639. The van der Waals surface area contributed by atoms with E-state index in [0.29, 0.717) is 5.69 Å². The fourth-order valence-corrected chi connectivity index (χ4v) is 3.20. The number of anilines is 1. The molecule has 0 bridgehead atoms. The molecule has 1 atom stereocenters. The van der Waals surface area contributed by atoms with Gasteiger partial charge >= 0.3 is 0 Å². The number of benzene rings is 1. The van der Waals surface area contributed by atoms with E-state index >= 15 is 0 Å². The first-order valence-electron chi connectivity index (χ1n) is 6.60. The highest BCUT2D eigenvalue weighted by atomic mass is 32.2. The first-order valence-corrected chi connectivity index (χ1v) is 8.08. The minimum Gasteiger partial charge on any atom is -0.495 e. The molecule has 1 aliphatic rings. The third kappa shape index (κ3) is 3.93. The zero-order valence-electron chi connectivity index (χ0n) is 11.9. The van der Waals surface area contributed by atoms with E-state index in [1.807, 2.05) is 0 Å². The number of carbonyl (C=O) groups excluding carboxylic acids is 1. The zero-order valence-corrected chi connectivity index (χ0v) is 12.7. The van der Waals surface area contributed by atoms with Gasteiger partial charge in [-0.25, -0.2) is 13.1 Å². The molecule has 0 spiro atoms. The van der Waals surface area contributed by atoms with Gasteiger partial charge in [0.15, 0.2) is 0 Å². The Balaban J connectivity index is 2.31. The van der Waals surface area contributed by atoms with Crippen molar-refractivity contribution < 1.29 is 17.9 Å². The largest absolute Gasteiger partial charge is 0.495 e. The topological polar surface area (TPSA) is 111 Å². The lowest BCUT2D eigenvalue weighted by Crippen LogP contribution is -2.32. The number of methoxy groups -OCH3 is 1. The molecule has 4 N–H and O–H groups in total. The minimum atomic E-state index is -3.68. The SMILES string of the molecule is COc1ccc(NC(=O)[C@H](C)N)cc1S(=O)(=O)NC1CC1. The Morgan fingerprint density at radius 3 is 2.62 bits per heavy atom. The van der Waals surface area contributed by atoms with Crippen molar-refractivity contribution in [1.29, 1.82) is 0 Å². The van der Waals surface area contributed by atoms with Crippen LogP contribution < -0.4 is 20.5 Å². The van der Waals surface area contributed by atoms with Crippen molar-refractivity contribution in [3.8, 4) is 5.75 Å². The van der Waals surface area contributed by atoms with E-state index in [0.717, 1.165) is 12.8 Å². The Labute approximate surface area is 123 Å². The molecule has 116 valence electrons. The third-order valence-corrected chi connectivity index (χ3v) is 4.58. The summed E-state index contributed by atoms with van der Waals surface area (Å²) in [4.78, 5) is 11.6. The van der Waals surface area contributed by atoms with Crippen LogP contribution in [-0.4, -0.2) is 33.5 Å². The molecule has 0 aliphatic heterocycles. The normalized spacial score (nSPS) is 16.3. The minimum absolute atomic E-state index is 0.000579. The summed E-state index contributed by atoms with van der Waals surface area (Å²) in [5.74, 6) is -0.166. The van der Waals surface area contributed by atoms with Gasteiger partial charge in [0.25, 0.3) is 0 Å². The number of amides is 1. The van der Waals surface area contributed by atoms with Crippen molar-refractivity contribution in [2.24, 2.45) is 5.73 Å². The van der Waals surface area contributed by atoms with Gasteiger partial charge in [0.05, 0.1) is 13.2 Å². The predicted molar refractivity (Wildman–Crippen MR) is 78.6 cm³/mol. The number of hydrogen-bond acceptors (Lipinski definition) is 5. The van der Waals surface area contributed by atoms with E-state index in [9.17, 15) is 13.2 Å². The van der Waals surface area contributed by atoms with Crippen LogP contribution in [0.4, 0.5) is 5.69 Å². The van der Waals surface area contributed by atoms with Crippen LogP contribution in [-0.2, 0) is 14.8 Å². The Kier molecular flexibility index (Phi) is 4.50. The van der Waals surface area contributed by atoms with Crippen molar-refractivity contribution in [3.63, 3.8) is 0 Å². The summed E-state index contributed by atoms with van der Waals surface area (Å²) in [5, 5.41) is 2.56. The predicted octanol–water partition coefficient (Wildman–Crippen LogP) is 0.422. The molecule has 1 aliphatic carbocycles. The van der Waals surface area contributed by atoms with Gasteiger partial charge in [-0.15, -0.1) is 0 Å². The van der Waals surface area contributed by atoms with E-state index in [4.69, 9.17) is 10.5 Å². The van der Waals surface area contributed by atoms with Crippen LogP contribution in [0.3, 0.4) is 0 Å². The number of ether oxygens (including phenoxy) is 1. The van der Waals surface area contributed by atoms with Crippen LogP contribution in [0.15, 0.2) is 23.1 Å². The summed E-state index contributed by atoms with van der Waals surface area (Å²) in [6.45, 7) is 1.55. The lowest BCUT2D eigenvalue weighted by molar-refractivity contribution is -0.117. The van der Waals surface area contributed by atoms with Gasteiger partial charge in [0.2, 0.25) is 15.9 Å². The van der Waals surface area contributed by atoms with Crippen molar-refractivity contribution in [2.75, 3.05) is 12.4 Å². The Hall–Kier alpha value is -1.64. The van der Waals surface area contributed by atoms with E-state index in [-0.39, 0.29) is 16.7 Å². The van der Waals surface area contributed by atoms with Crippen molar-refractivity contribution in [3.05, 3.63) is 18.2 Å². The molecule has 8 heteroatoms. The maximum atomic E-state index is 12.3. The number of rotatable bonds is 6. The van der Waals surface area contributed by atoms with Gasteiger partial charge in [-0.1, -0.05) is 0 Å². The third-order valence-electron chi connectivity index (χ3n) is 3.03. The van der Waals surface area contributed by atoms with E-state index in [2.05, 4.69) is 10.0 Å². The molecule has 0 heterocycles. The quantitative estimate of drug-likeness (QED) is 0.705. The summed E-state index contributed by atoms with van der Waals surface area (Å²) >= 11 is 0. The van der Waals surface area contributed by atoms with E-state index < -0.39 is 22.0 Å². The monoisotopic (exact) mass is 313 g/mol. The van der Waals surface area contributed by atoms with Crippen molar-refractivity contribution in [2.45, 2.75) is 36.7 Å². The highest BCUT2D eigenvalue weighted by Crippen LogP contribution is 2.29. The van der Waals surface area contributed by atoms with Crippen molar-refractivity contribution in [1.82, 2.24) is 4.72 Å². The van der Waals surface area contributed by atoms with E-state index in [1.54, 1.807) is 13.0 Å². The molecular weight excluding hydrogens is 294 g/mol. The second kappa shape index (κ2) is 6.00. The molecule has 21 heavy (non-hydrogen) atoms. The van der Waals surface area contributed by atoms with Gasteiger partial charge < -0.3 is 15.8 Å². The van der Waals surface area contributed by atoms with Gasteiger partial charge in [0, 0.05) is 11.7 Å². The number of nitrogens with two attached hydrogens (primary N) is 1. The molecule has 1 amide bonds. The van der Waals surface area contributed by atoms with Gasteiger partial charge in [-0.2, -0.15) is 0 Å². The molecule has 1 aromatic carbocycles. The Morgan fingerprint density at radius 2 is 2.10 bits per heavy atom. The highest BCUT2D eigenvalue weighted by molar-refractivity contribution is 7.89. The molecule has 1 fully saturated rings. The number of hydrogen-bond donors (Lipinski definition) is 3. The molecule has 1 aromatic rings. The van der Waals surface area contributed by atoms with Gasteiger partial charge in [-0.05, 0) is 38.0 Å². The first-order chi connectivity index (χ1) is 9.83. The molecule has 0 unspecified atom stereocenters. The summed E-state index contributed by atoms with van der Waals surface area (Å²) in [6.07, 6.45) is 1.67. The fourth-order valence-electron chi connectivity index (χ4n) is 1.70. The van der Waals surface area contributed by atoms with Crippen molar-refractivity contribution >= 4 is 21.6 Å². The lowest BCUT2D eigenvalue weighted by atomic mass is 10.2. The van der Waals surface area contributed by atoms with Crippen LogP contribution in [0.5, 0.6) is 5.75 Å². The number of carbonyl (C=O) groups is 1. The summed E-state index contributed by atoms with van der Waals surface area (Å²) < 4.78 is 32.3. The molecule has 7 nitrogen and oxygen atoms in total. The average Bonchev–Trinajstić information content (AvgIpc) is 3.21. The standard InChI is InChI=1S/C13H19N3O4S/c1-8(14)13(17)15-10-5-6-11(20-2)12(7-10)21(18,19)16-9-3-4-9/h5-9,16H,3-4,14H2,1-2H3,(H,15,17)/t8-/m0/s1. The van der Waals surface area contributed by atoms with Crippen LogP contribution in [0.25, 0.3) is 0 Å². The molecule has 0 radical (unpaired) electrons. The van der Waals surface area contributed by atoms with Gasteiger partial charge in [0.1, 0.15) is 10.6 Å². The van der Waals surface area contributed by atoms with Gasteiger partial charge in [-0.3, -0.25) is 4.79 Å². The second-order valence-electron chi connectivity index (χ2n) is 5.04. The number of nitrogens with one attached hydrogen (secondary N) is 2. The van der Waals surface area contributed by atoms with E-state index in [1.165, 1.54) is 19.2 Å². The average molecular weight is 313 g/mol. The first kappa shape index (κ1) is 15.7. The summed E-state index contributed by atoms with van der Waals surface area (Å²) in [7, 11) is -2.28. The number of sulfonamides is 1. The Morgan fingerprint density at radius 1 is 1.43 bits per heavy atom. The molecular formula is C13H19N3O4S. The molecule has 1 saturated carbocycles. The highest BCUT2D eigenvalue weighted by Gasteiger charge is 2.30. The lowest BCUT2D eigenvalue weighted by Gasteiger charge is -2.13. The maximum Gasteiger partial charge on any atom is 0.244 e.